The number of nitrogens with two attached hydrogens (primary N) is 2. The molecule has 6 nitrogen and oxygen atoms in total. The van der Waals surface area contributed by atoms with Gasteiger partial charge in [-0.3, -0.25) is 0 Å². The van der Waals surface area contributed by atoms with Crippen molar-refractivity contribution in [1.29, 1.82) is 0 Å². The quantitative estimate of drug-likeness (QED) is 0.585. The highest BCUT2D eigenvalue weighted by molar-refractivity contribution is 7.89. The van der Waals surface area contributed by atoms with Crippen molar-refractivity contribution in [1.82, 2.24) is 4.31 Å². The van der Waals surface area contributed by atoms with E-state index in [4.69, 9.17) is 11.5 Å². The van der Waals surface area contributed by atoms with Crippen LogP contribution in [0, 0.1) is 0 Å². The molecule has 0 saturated heterocycles. The molecule has 0 fully saturated rings. The summed E-state index contributed by atoms with van der Waals surface area (Å²) in [4.78, 5) is 0.183. The Hall–Kier alpha value is -1.15. The van der Waals surface area contributed by atoms with Crippen LogP contribution in [-0.4, -0.2) is 42.1 Å². The predicted molar refractivity (Wildman–Crippen MR) is 98.0 cm³/mol. The molecule has 0 unspecified atom stereocenters. The van der Waals surface area contributed by atoms with Gasteiger partial charge in [-0.15, -0.1) is 0 Å². The molecule has 1 aromatic carbocycles. The van der Waals surface area contributed by atoms with Crippen LogP contribution in [0.4, 0.5) is 5.69 Å². The van der Waals surface area contributed by atoms with Crippen molar-refractivity contribution in [3.05, 3.63) is 24.3 Å². The maximum atomic E-state index is 13.0. The highest BCUT2D eigenvalue weighted by Gasteiger charge is 2.33. The molecule has 0 aliphatic rings. The third kappa shape index (κ3) is 5.73. The molecule has 0 heterocycles. The van der Waals surface area contributed by atoms with Gasteiger partial charge < -0.3 is 16.6 Å². The third-order valence-corrected chi connectivity index (χ3v) is 6.04. The summed E-state index contributed by atoms with van der Waals surface area (Å²) < 4.78 is 27.4. The van der Waals surface area contributed by atoms with Crippen LogP contribution >= 0.6 is 0 Å². The lowest BCUT2D eigenvalue weighted by Gasteiger charge is -2.33. The SMILES string of the molecule is CC(C)N([C@H](CO)CCCC(C)(C)N)S(=O)(=O)c1ccc(N)cc1. The predicted octanol–water partition coefficient (Wildman–Crippen LogP) is 1.94. The van der Waals surface area contributed by atoms with Gasteiger partial charge in [0.25, 0.3) is 0 Å². The average Bonchev–Trinajstić information content (AvgIpc) is 2.44. The molecule has 5 N–H and O–H groups in total. The normalized spacial score (nSPS) is 14.3. The van der Waals surface area contributed by atoms with Gasteiger partial charge in [-0.2, -0.15) is 4.31 Å². The number of sulfonamides is 1. The summed E-state index contributed by atoms with van der Waals surface area (Å²) in [5.41, 5.74) is 11.8. The molecule has 0 bridgehead atoms. The molecule has 0 aromatic heterocycles. The van der Waals surface area contributed by atoms with Crippen molar-refractivity contribution in [3.8, 4) is 0 Å². The number of aliphatic hydroxyl groups is 1. The van der Waals surface area contributed by atoms with Gasteiger partial charge >= 0.3 is 0 Å². The van der Waals surface area contributed by atoms with Crippen molar-refractivity contribution in [3.63, 3.8) is 0 Å². The third-order valence-electron chi connectivity index (χ3n) is 3.89. The number of benzene rings is 1. The molecule has 0 aliphatic heterocycles. The van der Waals surface area contributed by atoms with E-state index < -0.39 is 16.1 Å². The molecule has 1 aromatic rings. The maximum absolute atomic E-state index is 13.0. The van der Waals surface area contributed by atoms with Gasteiger partial charge in [0.1, 0.15) is 0 Å². The van der Waals surface area contributed by atoms with Gasteiger partial charge in [0.15, 0.2) is 0 Å². The van der Waals surface area contributed by atoms with Crippen LogP contribution in [0.5, 0.6) is 0 Å². The Morgan fingerprint density at radius 3 is 2.17 bits per heavy atom. The standard InChI is InChI=1S/C17H31N3O3S/c1-13(2)20(15(12-21)6-5-11-17(3,4)19)24(22,23)16-9-7-14(18)8-10-16/h7-10,13,15,21H,5-6,11-12,18-19H2,1-4H3/t15-/m0/s1. The minimum Gasteiger partial charge on any atom is -0.399 e. The summed E-state index contributed by atoms with van der Waals surface area (Å²) in [5.74, 6) is 0. The summed E-state index contributed by atoms with van der Waals surface area (Å²) in [6.45, 7) is 7.27. The summed E-state index contributed by atoms with van der Waals surface area (Å²) in [6, 6.07) is 5.38. The number of aliphatic hydroxyl groups excluding tert-OH is 1. The number of anilines is 1. The van der Waals surface area contributed by atoms with Crippen molar-refractivity contribution >= 4 is 15.7 Å². The van der Waals surface area contributed by atoms with Crippen LogP contribution in [0.15, 0.2) is 29.2 Å². The van der Waals surface area contributed by atoms with Gasteiger partial charge in [-0.1, -0.05) is 0 Å². The van der Waals surface area contributed by atoms with E-state index in [1.807, 2.05) is 27.7 Å². The average molecular weight is 358 g/mol. The molecule has 0 amide bonds. The zero-order chi connectivity index (χ0) is 18.5. The van der Waals surface area contributed by atoms with Crippen LogP contribution < -0.4 is 11.5 Å². The van der Waals surface area contributed by atoms with Gasteiger partial charge in [0.2, 0.25) is 10.0 Å². The molecule has 0 radical (unpaired) electrons. The fourth-order valence-corrected chi connectivity index (χ4v) is 4.59. The molecule has 0 spiro atoms. The second kappa shape index (κ2) is 8.29. The second-order valence-electron chi connectivity index (χ2n) is 7.21. The number of hydrogen-bond donors (Lipinski definition) is 3. The molecular weight excluding hydrogens is 326 g/mol. The Morgan fingerprint density at radius 1 is 1.21 bits per heavy atom. The van der Waals surface area contributed by atoms with E-state index in [1.54, 1.807) is 12.1 Å². The van der Waals surface area contributed by atoms with E-state index in [-0.39, 0.29) is 23.1 Å². The van der Waals surface area contributed by atoms with E-state index in [0.717, 1.165) is 12.8 Å². The minimum absolute atomic E-state index is 0.183. The Balaban J connectivity index is 3.03. The van der Waals surface area contributed by atoms with Gasteiger partial charge in [-0.05, 0) is 71.2 Å². The topological polar surface area (TPSA) is 110 Å². The highest BCUT2D eigenvalue weighted by Crippen LogP contribution is 2.25. The van der Waals surface area contributed by atoms with E-state index >= 15 is 0 Å². The van der Waals surface area contributed by atoms with Crippen LogP contribution in [0.25, 0.3) is 0 Å². The van der Waals surface area contributed by atoms with Crippen molar-refractivity contribution in [2.75, 3.05) is 12.3 Å². The lowest BCUT2D eigenvalue weighted by atomic mass is 9.97. The largest absolute Gasteiger partial charge is 0.399 e. The number of rotatable bonds is 9. The second-order valence-corrected chi connectivity index (χ2v) is 9.06. The zero-order valence-corrected chi connectivity index (χ0v) is 15.9. The Kier molecular flexibility index (Phi) is 7.22. The van der Waals surface area contributed by atoms with Gasteiger partial charge in [0.05, 0.1) is 11.5 Å². The molecule has 7 heteroatoms. The lowest BCUT2D eigenvalue weighted by molar-refractivity contribution is 0.156. The Labute approximate surface area is 145 Å². The maximum Gasteiger partial charge on any atom is 0.243 e. The molecule has 24 heavy (non-hydrogen) atoms. The number of nitrogens with zero attached hydrogens (tertiary/aromatic N) is 1. The monoisotopic (exact) mass is 357 g/mol. The molecule has 0 saturated carbocycles. The van der Waals surface area contributed by atoms with Crippen molar-refractivity contribution < 1.29 is 13.5 Å². The van der Waals surface area contributed by atoms with Crippen LogP contribution in [0.2, 0.25) is 0 Å². The zero-order valence-electron chi connectivity index (χ0n) is 15.1. The first-order valence-corrected chi connectivity index (χ1v) is 9.72. The number of hydrogen-bond acceptors (Lipinski definition) is 5. The highest BCUT2D eigenvalue weighted by atomic mass is 32.2. The molecule has 1 rings (SSSR count). The summed E-state index contributed by atoms with van der Waals surface area (Å²) >= 11 is 0. The molecular formula is C17H31N3O3S. The Bertz CT molecular complexity index is 607. The fourth-order valence-electron chi connectivity index (χ4n) is 2.75. The number of nitrogen functional groups attached to an aromatic ring is 1. The van der Waals surface area contributed by atoms with Gasteiger partial charge in [-0.25, -0.2) is 8.42 Å². The van der Waals surface area contributed by atoms with Crippen LogP contribution in [0.1, 0.15) is 47.0 Å². The first-order valence-electron chi connectivity index (χ1n) is 8.28. The minimum atomic E-state index is -3.71. The first kappa shape index (κ1) is 20.9. The lowest BCUT2D eigenvalue weighted by Crippen LogP contribution is -2.46. The summed E-state index contributed by atoms with van der Waals surface area (Å²) in [5, 5.41) is 9.77. The first-order chi connectivity index (χ1) is 11.0. The van der Waals surface area contributed by atoms with Crippen LogP contribution in [0.3, 0.4) is 0 Å². The van der Waals surface area contributed by atoms with E-state index in [1.165, 1.54) is 16.4 Å². The smallest absolute Gasteiger partial charge is 0.243 e. The molecule has 0 aliphatic carbocycles. The van der Waals surface area contributed by atoms with Crippen LogP contribution in [-0.2, 0) is 10.0 Å². The van der Waals surface area contributed by atoms with E-state index in [2.05, 4.69) is 0 Å². The van der Waals surface area contributed by atoms with Crippen molar-refractivity contribution in [2.24, 2.45) is 5.73 Å². The van der Waals surface area contributed by atoms with E-state index in [9.17, 15) is 13.5 Å². The summed E-state index contributed by atoms with van der Waals surface area (Å²) in [7, 11) is -3.71. The van der Waals surface area contributed by atoms with Gasteiger partial charge in [0, 0.05) is 23.3 Å². The fraction of sp³-hybridized carbons (Fsp3) is 0.647. The van der Waals surface area contributed by atoms with E-state index in [0.29, 0.717) is 12.1 Å². The molecule has 1 atom stereocenters. The Morgan fingerprint density at radius 2 is 1.75 bits per heavy atom. The van der Waals surface area contributed by atoms with Crippen molar-refractivity contribution in [2.45, 2.75) is 69.5 Å². The molecule has 138 valence electrons. The summed E-state index contributed by atoms with van der Waals surface area (Å²) in [6.07, 6.45) is 2.07.